The van der Waals surface area contributed by atoms with Crippen LogP contribution in [0.15, 0.2) is 54.6 Å². The summed E-state index contributed by atoms with van der Waals surface area (Å²) in [5.74, 6) is 0.322. The zero-order valence-corrected chi connectivity index (χ0v) is 13.5. The molecule has 3 nitrogen and oxygen atoms in total. The minimum absolute atomic E-state index is 0.322. The van der Waals surface area contributed by atoms with Gasteiger partial charge in [0.15, 0.2) is 0 Å². The summed E-state index contributed by atoms with van der Waals surface area (Å²) < 4.78 is 2.01. The molecule has 0 spiro atoms. The standard InChI is InChI=1S/C13H16N2.C6H6O/c1-9-6-5-7-13(8-9)15-12(4)10(2)11(3)14-15;7-6-4-2-1-3-5-6/h5-8H,1-4H3;1-5,7H. The highest BCUT2D eigenvalue weighted by atomic mass is 16.3. The molecule has 0 amide bonds. The molecule has 2 aromatic carbocycles. The second kappa shape index (κ2) is 6.94. The third kappa shape index (κ3) is 3.76. The van der Waals surface area contributed by atoms with Crippen LogP contribution in [0.4, 0.5) is 0 Å². The maximum Gasteiger partial charge on any atom is 0.115 e. The molecule has 0 unspecified atom stereocenters. The Kier molecular flexibility index (Phi) is 4.99. The summed E-state index contributed by atoms with van der Waals surface area (Å²) in [6.45, 7) is 8.37. The highest BCUT2D eigenvalue weighted by Crippen LogP contribution is 2.17. The van der Waals surface area contributed by atoms with Crippen LogP contribution in [0.5, 0.6) is 5.75 Å². The number of hydrogen-bond donors (Lipinski definition) is 1. The third-order valence-corrected chi connectivity index (χ3v) is 3.66. The number of hydrogen-bond acceptors (Lipinski definition) is 2. The Hall–Kier alpha value is -2.55. The van der Waals surface area contributed by atoms with Gasteiger partial charge in [-0.2, -0.15) is 5.10 Å². The summed E-state index contributed by atoms with van der Waals surface area (Å²) in [5, 5.41) is 13.2. The van der Waals surface area contributed by atoms with Crippen molar-refractivity contribution in [3.05, 3.63) is 77.1 Å². The summed E-state index contributed by atoms with van der Waals surface area (Å²) in [6.07, 6.45) is 0. The molecule has 0 saturated heterocycles. The highest BCUT2D eigenvalue weighted by molar-refractivity contribution is 5.38. The molecule has 0 fully saturated rings. The van der Waals surface area contributed by atoms with E-state index >= 15 is 0 Å². The lowest BCUT2D eigenvalue weighted by molar-refractivity contribution is 0.475. The fraction of sp³-hybridized carbons (Fsp3) is 0.211. The van der Waals surface area contributed by atoms with Crippen LogP contribution in [-0.4, -0.2) is 14.9 Å². The SMILES string of the molecule is Cc1cccc(-n2nc(C)c(C)c2C)c1.Oc1ccccc1. The molecule has 0 atom stereocenters. The Bertz CT molecular complexity index is 745. The number of para-hydroxylation sites is 1. The van der Waals surface area contributed by atoms with Crippen LogP contribution in [0.25, 0.3) is 5.69 Å². The Morgan fingerprint density at radius 2 is 1.55 bits per heavy atom. The Morgan fingerprint density at radius 1 is 0.864 bits per heavy atom. The normalized spacial score (nSPS) is 10.0. The van der Waals surface area contributed by atoms with E-state index in [1.165, 1.54) is 16.8 Å². The molecule has 0 saturated carbocycles. The van der Waals surface area contributed by atoms with Crippen LogP contribution >= 0.6 is 0 Å². The molecule has 1 aromatic heterocycles. The molecular weight excluding hydrogens is 272 g/mol. The summed E-state index contributed by atoms with van der Waals surface area (Å²) in [5.41, 5.74) is 6.00. The fourth-order valence-corrected chi connectivity index (χ4v) is 2.16. The largest absolute Gasteiger partial charge is 0.508 e. The Balaban J connectivity index is 0.000000211. The zero-order valence-electron chi connectivity index (χ0n) is 13.5. The minimum atomic E-state index is 0.322. The molecule has 3 rings (SSSR count). The average molecular weight is 294 g/mol. The van der Waals surface area contributed by atoms with Gasteiger partial charge in [0.1, 0.15) is 5.75 Å². The van der Waals surface area contributed by atoms with Crippen molar-refractivity contribution in [2.24, 2.45) is 0 Å². The van der Waals surface area contributed by atoms with E-state index < -0.39 is 0 Å². The molecule has 1 N–H and O–H groups in total. The van der Waals surface area contributed by atoms with Gasteiger partial charge >= 0.3 is 0 Å². The topological polar surface area (TPSA) is 38.0 Å². The number of aromatic nitrogens is 2. The maximum absolute atomic E-state index is 8.63. The summed E-state index contributed by atoms with van der Waals surface area (Å²) in [7, 11) is 0. The van der Waals surface area contributed by atoms with Crippen molar-refractivity contribution < 1.29 is 5.11 Å². The molecule has 1 heterocycles. The van der Waals surface area contributed by atoms with Crippen molar-refractivity contribution in [1.82, 2.24) is 9.78 Å². The fourth-order valence-electron chi connectivity index (χ4n) is 2.16. The zero-order chi connectivity index (χ0) is 16.1. The van der Waals surface area contributed by atoms with Crippen molar-refractivity contribution in [3.63, 3.8) is 0 Å². The molecule has 0 bridgehead atoms. The lowest BCUT2D eigenvalue weighted by Crippen LogP contribution is -1.99. The number of benzene rings is 2. The molecular formula is C19H22N2O. The number of aromatic hydroxyl groups is 1. The lowest BCUT2D eigenvalue weighted by atomic mass is 10.2. The Labute approximate surface area is 131 Å². The van der Waals surface area contributed by atoms with E-state index in [1.54, 1.807) is 24.3 Å². The number of aryl methyl sites for hydroxylation is 2. The van der Waals surface area contributed by atoms with E-state index in [1.807, 2.05) is 10.7 Å². The quantitative estimate of drug-likeness (QED) is 0.717. The molecule has 3 aromatic rings. The molecule has 0 radical (unpaired) electrons. The first-order valence-corrected chi connectivity index (χ1v) is 7.33. The van der Waals surface area contributed by atoms with E-state index in [4.69, 9.17) is 5.11 Å². The average Bonchev–Trinajstić information content (AvgIpc) is 2.76. The molecule has 22 heavy (non-hydrogen) atoms. The molecule has 0 aliphatic carbocycles. The van der Waals surface area contributed by atoms with Crippen molar-refractivity contribution in [3.8, 4) is 11.4 Å². The van der Waals surface area contributed by atoms with Crippen LogP contribution < -0.4 is 0 Å². The van der Waals surface area contributed by atoms with E-state index in [9.17, 15) is 0 Å². The number of nitrogens with zero attached hydrogens (tertiary/aromatic N) is 2. The van der Waals surface area contributed by atoms with Crippen LogP contribution in [0.1, 0.15) is 22.5 Å². The highest BCUT2D eigenvalue weighted by Gasteiger charge is 2.08. The second-order valence-corrected chi connectivity index (χ2v) is 5.38. The van der Waals surface area contributed by atoms with Crippen molar-refractivity contribution in [2.45, 2.75) is 27.7 Å². The van der Waals surface area contributed by atoms with Gasteiger partial charge in [-0.1, -0.05) is 30.3 Å². The van der Waals surface area contributed by atoms with E-state index in [0.717, 1.165) is 11.4 Å². The van der Waals surface area contributed by atoms with Gasteiger partial charge in [-0.15, -0.1) is 0 Å². The van der Waals surface area contributed by atoms with Crippen LogP contribution in [0.2, 0.25) is 0 Å². The van der Waals surface area contributed by atoms with E-state index in [2.05, 4.69) is 57.1 Å². The summed E-state index contributed by atoms with van der Waals surface area (Å²) in [4.78, 5) is 0. The van der Waals surface area contributed by atoms with Gasteiger partial charge in [-0.05, 0) is 63.1 Å². The van der Waals surface area contributed by atoms with E-state index in [-0.39, 0.29) is 0 Å². The van der Waals surface area contributed by atoms with Gasteiger partial charge in [-0.3, -0.25) is 0 Å². The van der Waals surface area contributed by atoms with Gasteiger partial charge in [-0.25, -0.2) is 4.68 Å². The summed E-state index contributed by atoms with van der Waals surface area (Å²) >= 11 is 0. The first-order chi connectivity index (χ1) is 10.5. The lowest BCUT2D eigenvalue weighted by Gasteiger charge is -2.05. The maximum atomic E-state index is 8.63. The first kappa shape index (κ1) is 15.8. The predicted octanol–water partition coefficient (Wildman–Crippen LogP) is 4.50. The van der Waals surface area contributed by atoms with Gasteiger partial charge in [0.2, 0.25) is 0 Å². The summed E-state index contributed by atoms with van der Waals surface area (Å²) in [6, 6.07) is 17.1. The second-order valence-electron chi connectivity index (χ2n) is 5.38. The third-order valence-electron chi connectivity index (χ3n) is 3.66. The van der Waals surface area contributed by atoms with Gasteiger partial charge in [0.25, 0.3) is 0 Å². The number of rotatable bonds is 1. The number of phenols is 1. The Morgan fingerprint density at radius 3 is 2.00 bits per heavy atom. The van der Waals surface area contributed by atoms with Crippen molar-refractivity contribution >= 4 is 0 Å². The number of phenolic OH excluding ortho intramolecular Hbond substituents is 1. The minimum Gasteiger partial charge on any atom is -0.508 e. The van der Waals surface area contributed by atoms with Crippen molar-refractivity contribution in [1.29, 1.82) is 0 Å². The van der Waals surface area contributed by atoms with Gasteiger partial charge < -0.3 is 5.11 Å². The van der Waals surface area contributed by atoms with Gasteiger partial charge in [0.05, 0.1) is 11.4 Å². The monoisotopic (exact) mass is 294 g/mol. The van der Waals surface area contributed by atoms with Crippen LogP contribution in [0.3, 0.4) is 0 Å². The molecule has 0 aliphatic heterocycles. The van der Waals surface area contributed by atoms with E-state index in [0.29, 0.717) is 5.75 Å². The first-order valence-electron chi connectivity index (χ1n) is 7.33. The molecule has 0 aliphatic rings. The molecule has 3 heteroatoms. The smallest absolute Gasteiger partial charge is 0.115 e. The van der Waals surface area contributed by atoms with Crippen LogP contribution in [-0.2, 0) is 0 Å². The van der Waals surface area contributed by atoms with Gasteiger partial charge in [0, 0.05) is 5.69 Å². The molecule has 114 valence electrons. The van der Waals surface area contributed by atoms with Crippen molar-refractivity contribution in [2.75, 3.05) is 0 Å². The van der Waals surface area contributed by atoms with Crippen LogP contribution in [0, 0.1) is 27.7 Å². The predicted molar refractivity (Wildman–Crippen MR) is 90.6 cm³/mol.